The van der Waals surface area contributed by atoms with Crippen molar-refractivity contribution in [3.8, 4) is 0 Å². The molecule has 0 aromatic heterocycles. The minimum atomic E-state index is -4.25. The molecule has 0 radical (unpaired) electrons. The molecule has 4 aromatic rings. The number of nitrogens with one attached hydrogen (secondary N) is 1. The summed E-state index contributed by atoms with van der Waals surface area (Å²) >= 11 is 6.48. The first-order valence-corrected chi connectivity index (χ1v) is 16.2. The number of amides is 2. The van der Waals surface area contributed by atoms with Crippen molar-refractivity contribution in [1.82, 2.24) is 10.2 Å². The minimum absolute atomic E-state index is 0.0176. The molecule has 10 heteroatoms. The molecule has 44 heavy (non-hydrogen) atoms. The highest BCUT2D eigenvalue weighted by Crippen LogP contribution is 2.31. The van der Waals surface area contributed by atoms with E-state index >= 15 is 0 Å². The van der Waals surface area contributed by atoms with E-state index in [4.69, 9.17) is 11.6 Å². The Labute approximate surface area is 263 Å². The highest BCUT2D eigenvalue weighted by atomic mass is 35.5. The van der Waals surface area contributed by atoms with E-state index in [0.717, 1.165) is 22.7 Å². The van der Waals surface area contributed by atoms with Crippen molar-refractivity contribution in [3.63, 3.8) is 0 Å². The second-order valence-electron chi connectivity index (χ2n) is 10.3. The molecule has 2 amide bonds. The quantitative estimate of drug-likeness (QED) is 0.166. The van der Waals surface area contributed by atoms with E-state index in [9.17, 15) is 22.4 Å². The van der Waals surface area contributed by atoms with Crippen molar-refractivity contribution in [2.45, 2.75) is 43.7 Å². The Kier molecular flexibility index (Phi) is 11.5. The first kappa shape index (κ1) is 32.7. The zero-order valence-corrected chi connectivity index (χ0v) is 26.0. The molecule has 4 aromatic carbocycles. The molecule has 1 atom stereocenters. The molecule has 0 fully saturated rings. The fraction of sp³-hybridized carbons (Fsp3) is 0.235. The molecule has 0 saturated carbocycles. The SMILES string of the molecule is CCCCNC(=O)C(Cc1ccccc1)N(Cc1ccc(F)cc1)C(=O)CN(c1ccccc1Cl)S(=O)(=O)c1ccccc1. The van der Waals surface area contributed by atoms with Gasteiger partial charge in [-0.15, -0.1) is 0 Å². The van der Waals surface area contributed by atoms with Crippen LogP contribution in [0.5, 0.6) is 0 Å². The van der Waals surface area contributed by atoms with Crippen LogP contribution in [0.1, 0.15) is 30.9 Å². The van der Waals surface area contributed by atoms with E-state index in [2.05, 4.69) is 5.32 Å². The summed E-state index contributed by atoms with van der Waals surface area (Å²) < 4.78 is 42.7. The Balaban J connectivity index is 1.78. The second kappa shape index (κ2) is 15.5. The van der Waals surface area contributed by atoms with E-state index < -0.39 is 34.3 Å². The third-order valence-corrected chi connectivity index (χ3v) is 9.19. The van der Waals surface area contributed by atoms with Crippen LogP contribution < -0.4 is 9.62 Å². The van der Waals surface area contributed by atoms with Gasteiger partial charge in [0.1, 0.15) is 18.4 Å². The molecule has 4 rings (SSSR count). The van der Waals surface area contributed by atoms with Crippen molar-refractivity contribution in [2.24, 2.45) is 0 Å². The predicted molar refractivity (Wildman–Crippen MR) is 171 cm³/mol. The number of carbonyl (C=O) groups is 2. The van der Waals surface area contributed by atoms with Gasteiger partial charge in [-0.2, -0.15) is 0 Å². The van der Waals surface area contributed by atoms with Crippen LogP contribution in [0.25, 0.3) is 0 Å². The number of hydrogen-bond acceptors (Lipinski definition) is 4. The smallest absolute Gasteiger partial charge is 0.264 e. The normalized spacial score (nSPS) is 11.9. The number of benzene rings is 4. The molecule has 0 heterocycles. The molecular weight excluding hydrogens is 601 g/mol. The maximum atomic E-state index is 14.4. The van der Waals surface area contributed by atoms with Crippen molar-refractivity contribution in [3.05, 3.63) is 131 Å². The van der Waals surface area contributed by atoms with Gasteiger partial charge in [-0.1, -0.05) is 97.7 Å². The van der Waals surface area contributed by atoms with Crippen LogP contribution in [0, 0.1) is 5.82 Å². The molecule has 0 aliphatic carbocycles. The van der Waals surface area contributed by atoms with Crippen LogP contribution in [0.2, 0.25) is 5.02 Å². The van der Waals surface area contributed by atoms with Crippen LogP contribution in [-0.4, -0.2) is 44.3 Å². The summed E-state index contributed by atoms with van der Waals surface area (Å²) in [5.74, 6) is -1.43. The Morgan fingerprint density at radius 3 is 2.09 bits per heavy atom. The van der Waals surface area contributed by atoms with Crippen molar-refractivity contribution in [1.29, 1.82) is 0 Å². The molecule has 0 aliphatic rings. The van der Waals surface area contributed by atoms with E-state index in [1.54, 1.807) is 36.4 Å². The number of sulfonamides is 1. The highest BCUT2D eigenvalue weighted by Gasteiger charge is 2.35. The van der Waals surface area contributed by atoms with Gasteiger partial charge in [-0.25, -0.2) is 12.8 Å². The van der Waals surface area contributed by atoms with Gasteiger partial charge in [-0.05, 0) is 53.9 Å². The number of rotatable bonds is 14. The number of nitrogens with zero attached hydrogens (tertiary/aromatic N) is 2. The summed E-state index contributed by atoms with van der Waals surface area (Å²) in [4.78, 5) is 29.4. The average molecular weight is 636 g/mol. The van der Waals surface area contributed by atoms with E-state index in [1.165, 1.54) is 47.4 Å². The number of carbonyl (C=O) groups excluding carboxylic acids is 2. The number of unbranched alkanes of at least 4 members (excludes halogenated alkanes) is 1. The third-order valence-electron chi connectivity index (χ3n) is 7.10. The number of anilines is 1. The lowest BCUT2D eigenvalue weighted by molar-refractivity contribution is -0.140. The lowest BCUT2D eigenvalue weighted by atomic mass is 10.0. The van der Waals surface area contributed by atoms with Gasteiger partial charge < -0.3 is 10.2 Å². The number of halogens is 2. The van der Waals surface area contributed by atoms with Crippen LogP contribution >= 0.6 is 11.6 Å². The van der Waals surface area contributed by atoms with Gasteiger partial charge in [0.2, 0.25) is 11.8 Å². The summed E-state index contributed by atoms with van der Waals surface area (Å²) in [6.07, 6.45) is 1.81. The molecule has 7 nitrogen and oxygen atoms in total. The Morgan fingerprint density at radius 2 is 1.45 bits per heavy atom. The van der Waals surface area contributed by atoms with Gasteiger partial charge in [-0.3, -0.25) is 13.9 Å². The van der Waals surface area contributed by atoms with Crippen molar-refractivity contribution < 1.29 is 22.4 Å². The summed E-state index contributed by atoms with van der Waals surface area (Å²) in [5.41, 5.74) is 1.52. The summed E-state index contributed by atoms with van der Waals surface area (Å²) in [7, 11) is -4.25. The predicted octanol–water partition coefficient (Wildman–Crippen LogP) is 6.23. The topological polar surface area (TPSA) is 86.8 Å². The molecule has 1 unspecified atom stereocenters. The largest absolute Gasteiger partial charge is 0.354 e. The van der Waals surface area contributed by atoms with E-state index in [0.29, 0.717) is 12.1 Å². The highest BCUT2D eigenvalue weighted by molar-refractivity contribution is 7.92. The third kappa shape index (κ3) is 8.45. The average Bonchev–Trinajstić information content (AvgIpc) is 3.03. The first-order chi connectivity index (χ1) is 21.2. The minimum Gasteiger partial charge on any atom is -0.354 e. The number of para-hydroxylation sites is 1. The Morgan fingerprint density at radius 1 is 0.841 bits per heavy atom. The zero-order chi connectivity index (χ0) is 31.5. The van der Waals surface area contributed by atoms with E-state index in [-0.39, 0.29) is 34.5 Å². The molecule has 0 aliphatic heterocycles. The van der Waals surface area contributed by atoms with Gasteiger partial charge >= 0.3 is 0 Å². The Bertz CT molecular complexity index is 1640. The summed E-state index contributed by atoms with van der Waals surface area (Å²) in [6, 6.07) is 28.1. The lowest BCUT2D eigenvalue weighted by Crippen LogP contribution is -2.53. The van der Waals surface area contributed by atoms with Gasteiger partial charge in [0, 0.05) is 19.5 Å². The van der Waals surface area contributed by atoms with Crippen LogP contribution in [-0.2, 0) is 32.6 Å². The fourth-order valence-electron chi connectivity index (χ4n) is 4.73. The van der Waals surface area contributed by atoms with Crippen LogP contribution in [0.15, 0.2) is 114 Å². The van der Waals surface area contributed by atoms with Crippen LogP contribution in [0.4, 0.5) is 10.1 Å². The van der Waals surface area contributed by atoms with Crippen LogP contribution in [0.3, 0.4) is 0 Å². The maximum absolute atomic E-state index is 14.4. The first-order valence-electron chi connectivity index (χ1n) is 14.4. The summed E-state index contributed by atoms with van der Waals surface area (Å²) in [6.45, 7) is 1.75. The molecule has 0 spiro atoms. The van der Waals surface area contributed by atoms with Crippen molar-refractivity contribution in [2.75, 3.05) is 17.4 Å². The molecule has 0 bridgehead atoms. The second-order valence-corrected chi connectivity index (χ2v) is 12.5. The standard InChI is InChI=1S/C34H35ClFN3O4S/c1-2-3-22-37-34(41)32(23-26-12-6-4-7-13-26)38(24-27-18-20-28(36)21-19-27)33(40)25-39(31-17-11-10-16-30(31)35)44(42,43)29-14-8-5-9-15-29/h4-21,32H,2-3,22-25H2,1H3,(H,37,41). The maximum Gasteiger partial charge on any atom is 0.264 e. The van der Waals surface area contributed by atoms with E-state index in [1.807, 2.05) is 37.3 Å². The monoisotopic (exact) mass is 635 g/mol. The molecule has 230 valence electrons. The summed E-state index contributed by atoms with van der Waals surface area (Å²) in [5, 5.41) is 3.08. The number of hydrogen-bond donors (Lipinski definition) is 1. The zero-order valence-electron chi connectivity index (χ0n) is 24.4. The van der Waals surface area contributed by atoms with Gasteiger partial charge in [0.15, 0.2) is 0 Å². The molecular formula is C34H35ClFN3O4S. The van der Waals surface area contributed by atoms with Gasteiger partial charge in [0.05, 0.1) is 15.6 Å². The fourth-order valence-corrected chi connectivity index (χ4v) is 6.48. The Hall–Kier alpha value is -4.21. The lowest BCUT2D eigenvalue weighted by Gasteiger charge is -2.34. The van der Waals surface area contributed by atoms with Gasteiger partial charge in [0.25, 0.3) is 10.0 Å². The molecule has 1 N–H and O–H groups in total. The van der Waals surface area contributed by atoms with Crippen molar-refractivity contribution >= 4 is 39.1 Å². The molecule has 0 saturated heterocycles.